The van der Waals surface area contributed by atoms with Crippen molar-refractivity contribution in [2.24, 2.45) is 0 Å². The van der Waals surface area contributed by atoms with Gasteiger partial charge in [-0.3, -0.25) is 9.59 Å². The van der Waals surface area contributed by atoms with Gasteiger partial charge in [0, 0.05) is 22.0 Å². The van der Waals surface area contributed by atoms with Crippen LogP contribution in [0.15, 0.2) is 53.0 Å². The minimum absolute atomic E-state index is 0.0464. The van der Waals surface area contributed by atoms with E-state index in [1.54, 1.807) is 4.68 Å². The number of carbonyl (C=O) groups is 2. The van der Waals surface area contributed by atoms with E-state index in [2.05, 4.69) is 40.2 Å². The largest absolute Gasteiger partial charge is 0.310 e. The summed E-state index contributed by atoms with van der Waals surface area (Å²) in [4.78, 5) is 25.8. The summed E-state index contributed by atoms with van der Waals surface area (Å²) in [5.74, 6) is 0.228. The fraction of sp³-hybridized carbons (Fsp3) is 0.261. The molecular formula is C23H22BrN3O2. The van der Waals surface area contributed by atoms with Gasteiger partial charge in [0.25, 0.3) is 0 Å². The van der Waals surface area contributed by atoms with Crippen LogP contribution in [0.3, 0.4) is 0 Å². The second-order valence-corrected chi connectivity index (χ2v) is 8.60. The van der Waals surface area contributed by atoms with E-state index < -0.39 is 5.92 Å². The highest BCUT2D eigenvalue weighted by Gasteiger charge is 2.36. The SMILES string of the molecule is Cc1nn(-c2ccc(Br)cc2)c2c1[C@@H](C(=O)c1ccc(C(C)C)cc1)CC(=O)N2. The van der Waals surface area contributed by atoms with Crippen LogP contribution in [0.5, 0.6) is 0 Å². The van der Waals surface area contributed by atoms with Crippen LogP contribution in [0.2, 0.25) is 0 Å². The second-order valence-electron chi connectivity index (χ2n) is 7.68. The summed E-state index contributed by atoms with van der Waals surface area (Å²) in [5, 5.41) is 7.55. The first kappa shape index (κ1) is 19.6. The van der Waals surface area contributed by atoms with Crippen molar-refractivity contribution in [2.75, 3.05) is 5.32 Å². The molecular weight excluding hydrogens is 430 g/mol. The molecule has 3 aromatic rings. The van der Waals surface area contributed by atoms with Gasteiger partial charge in [0.15, 0.2) is 5.78 Å². The van der Waals surface area contributed by atoms with Crippen LogP contribution >= 0.6 is 15.9 Å². The van der Waals surface area contributed by atoms with Gasteiger partial charge in [0.05, 0.1) is 17.3 Å². The van der Waals surface area contributed by atoms with Gasteiger partial charge in [-0.15, -0.1) is 0 Å². The van der Waals surface area contributed by atoms with E-state index in [4.69, 9.17) is 0 Å². The molecule has 1 aliphatic rings. The Morgan fingerprint density at radius 2 is 1.79 bits per heavy atom. The van der Waals surface area contributed by atoms with Crippen LogP contribution in [-0.2, 0) is 4.79 Å². The molecule has 0 spiro atoms. The quantitative estimate of drug-likeness (QED) is 0.541. The van der Waals surface area contributed by atoms with Crippen LogP contribution in [0.25, 0.3) is 5.69 Å². The molecule has 29 heavy (non-hydrogen) atoms. The number of Topliss-reactive ketones (excluding diaryl/α,β-unsaturated/α-hetero) is 1. The molecule has 0 radical (unpaired) electrons. The molecule has 1 N–H and O–H groups in total. The van der Waals surface area contributed by atoms with Crippen molar-refractivity contribution in [3.63, 3.8) is 0 Å². The minimum Gasteiger partial charge on any atom is -0.310 e. The Kier molecular flexibility index (Phi) is 5.13. The second kappa shape index (κ2) is 7.59. The predicted octanol–water partition coefficient (Wildman–Crippen LogP) is 5.38. The van der Waals surface area contributed by atoms with Crippen molar-refractivity contribution >= 4 is 33.4 Å². The summed E-state index contributed by atoms with van der Waals surface area (Å²) in [6.45, 7) is 6.12. The standard InChI is InChI=1S/C23H22BrN3O2/c1-13(2)15-4-6-16(7-5-15)22(29)19-12-20(28)25-23-21(19)14(3)26-27(23)18-10-8-17(24)9-11-18/h4-11,13,19H,12H2,1-3H3,(H,25,28)/t19-/m0/s1. The summed E-state index contributed by atoms with van der Waals surface area (Å²) >= 11 is 3.43. The highest BCUT2D eigenvalue weighted by atomic mass is 79.9. The number of rotatable bonds is 4. The maximum Gasteiger partial charge on any atom is 0.226 e. The van der Waals surface area contributed by atoms with Crippen LogP contribution < -0.4 is 5.32 Å². The maximum atomic E-state index is 13.3. The third-order valence-electron chi connectivity index (χ3n) is 5.35. The summed E-state index contributed by atoms with van der Waals surface area (Å²) < 4.78 is 2.66. The van der Waals surface area contributed by atoms with E-state index in [0.717, 1.165) is 21.4 Å². The molecule has 0 saturated carbocycles. The van der Waals surface area contributed by atoms with E-state index >= 15 is 0 Å². The van der Waals surface area contributed by atoms with Gasteiger partial charge in [0.2, 0.25) is 5.91 Å². The molecule has 1 aliphatic heterocycles. The molecule has 5 nitrogen and oxygen atoms in total. The summed E-state index contributed by atoms with van der Waals surface area (Å²) in [6, 6.07) is 15.4. The molecule has 2 aromatic carbocycles. The van der Waals surface area contributed by atoms with E-state index in [0.29, 0.717) is 17.3 Å². The first-order valence-corrected chi connectivity index (χ1v) is 10.4. The number of aromatic nitrogens is 2. The molecule has 1 aromatic heterocycles. The lowest BCUT2D eigenvalue weighted by Gasteiger charge is -2.23. The Hall–Kier alpha value is -2.73. The van der Waals surface area contributed by atoms with Gasteiger partial charge >= 0.3 is 0 Å². The average molecular weight is 452 g/mol. The van der Waals surface area contributed by atoms with E-state index in [-0.39, 0.29) is 18.1 Å². The number of nitrogens with zero attached hydrogens (tertiary/aromatic N) is 2. The van der Waals surface area contributed by atoms with E-state index in [1.165, 1.54) is 5.56 Å². The lowest BCUT2D eigenvalue weighted by Crippen LogP contribution is -2.28. The third kappa shape index (κ3) is 3.65. The molecule has 2 heterocycles. The van der Waals surface area contributed by atoms with E-state index in [1.807, 2.05) is 55.5 Å². The molecule has 0 aliphatic carbocycles. The Bertz CT molecular complexity index is 1080. The zero-order valence-corrected chi connectivity index (χ0v) is 18.2. The number of fused-ring (bicyclic) bond motifs is 1. The van der Waals surface area contributed by atoms with E-state index in [9.17, 15) is 9.59 Å². The molecule has 1 amide bonds. The normalized spacial score (nSPS) is 15.9. The molecule has 0 fully saturated rings. The van der Waals surface area contributed by atoms with Gasteiger partial charge in [-0.05, 0) is 42.7 Å². The first-order valence-electron chi connectivity index (χ1n) is 9.64. The maximum absolute atomic E-state index is 13.3. The van der Waals surface area contributed by atoms with Crippen molar-refractivity contribution in [1.82, 2.24) is 9.78 Å². The molecule has 0 unspecified atom stereocenters. The Labute approximate surface area is 178 Å². The summed E-state index contributed by atoms with van der Waals surface area (Å²) in [5.41, 5.74) is 4.18. The fourth-order valence-electron chi connectivity index (χ4n) is 3.77. The van der Waals surface area contributed by atoms with Crippen LogP contribution in [0, 0.1) is 6.92 Å². The number of amides is 1. The lowest BCUT2D eigenvalue weighted by atomic mass is 9.85. The van der Waals surface area contributed by atoms with Gasteiger partial charge in [-0.2, -0.15) is 5.10 Å². The smallest absolute Gasteiger partial charge is 0.226 e. The van der Waals surface area contributed by atoms with Crippen molar-refractivity contribution in [3.8, 4) is 5.69 Å². The number of ketones is 1. The Balaban J connectivity index is 1.75. The highest BCUT2D eigenvalue weighted by Crippen LogP contribution is 2.38. The number of aryl methyl sites for hydroxylation is 1. The van der Waals surface area contributed by atoms with Crippen molar-refractivity contribution < 1.29 is 9.59 Å². The molecule has 6 heteroatoms. The van der Waals surface area contributed by atoms with Crippen LogP contribution in [-0.4, -0.2) is 21.5 Å². The summed E-state index contributed by atoms with van der Waals surface area (Å²) in [7, 11) is 0. The van der Waals surface area contributed by atoms with Gasteiger partial charge in [-0.1, -0.05) is 54.0 Å². The van der Waals surface area contributed by atoms with Crippen molar-refractivity contribution in [3.05, 3.63) is 75.4 Å². The number of benzene rings is 2. The van der Waals surface area contributed by atoms with Crippen molar-refractivity contribution in [1.29, 1.82) is 0 Å². The zero-order chi connectivity index (χ0) is 20.7. The molecule has 0 bridgehead atoms. The number of halogens is 1. The van der Waals surface area contributed by atoms with Crippen molar-refractivity contribution in [2.45, 2.75) is 39.0 Å². The summed E-state index contributed by atoms with van der Waals surface area (Å²) in [6.07, 6.45) is 0.130. The molecule has 148 valence electrons. The number of nitrogens with one attached hydrogen (secondary N) is 1. The van der Waals surface area contributed by atoms with Crippen LogP contribution in [0.1, 0.15) is 59.3 Å². The van der Waals surface area contributed by atoms with Gasteiger partial charge < -0.3 is 5.32 Å². The van der Waals surface area contributed by atoms with Gasteiger partial charge in [0.1, 0.15) is 5.82 Å². The highest BCUT2D eigenvalue weighted by molar-refractivity contribution is 9.10. The molecule has 1 atom stereocenters. The Morgan fingerprint density at radius 3 is 2.41 bits per heavy atom. The van der Waals surface area contributed by atoms with Gasteiger partial charge in [-0.25, -0.2) is 4.68 Å². The topological polar surface area (TPSA) is 64.0 Å². The number of anilines is 1. The Morgan fingerprint density at radius 1 is 1.14 bits per heavy atom. The number of hydrogen-bond acceptors (Lipinski definition) is 3. The fourth-order valence-corrected chi connectivity index (χ4v) is 4.04. The zero-order valence-electron chi connectivity index (χ0n) is 16.6. The molecule has 0 saturated heterocycles. The lowest BCUT2D eigenvalue weighted by molar-refractivity contribution is -0.116. The average Bonchev–Trinajstić information content (AvgIpc) is 3.03. The monoisotopic (exact) mass is 451 g/mol. The minimum atomic E-state index is -0.534. The molecule has 4 rings (SSSR count). The first-order chi connectivity index (χ1) is 13.8. The number of carbonyl (C=O) groups excluding carboxylic acids is 2. The number of hydrogen-bond donors (Lipinski definition) is 1. The van der Waals surface area contributed by atoms with Crippen LogP contribution in [0.4, 0.5) is 5.82 Å². The predicted molar refractivity (Wildman–Crippen MR) is 117 cm³/mol. The third-order valence-corrected chi connectivity index (χ3v) is 5.88.